The summed E-state index contributed by atoms with van der Waals surface area (Å²) in [6, 6.07) is 0. The van der Waals surface area contributed by atoms with Gasteiger partial charge in [-0.15, -0.1) is 6.42 Å². The summed E-state index contributed by atoms with van der Waals surface area (Å²) in [4.78, 5) is 0. The zero-order valence-electron chi connectivity index (χ0n) is 10.3. The Hall–Kier alpha value is -0.700. The number of unbranched alkanes of at least 4 members (excludes halogenated alkanes) is 9. The van der Waals surface area contributed by atoms with E-state index in [-0.39, 0.29) is 0 Å². The van der Waals surface area contributed by atoms with Crippen molar-refractivity contribution >= 4 is 0 Å². The van der Waals surface area contributed by atoms with Crippen LogP contribution in [-0.2, 0) is 0 Å². The number of rotatable bonds is 10. The molecule has 0 rings (SSSR count). The Kier molecular flexibility index (Phi) is 12.7. The Morgan fingerprint density at radius 3 is 1.93 bits per heavy atom. The third-order valence-electron chi connectivity index (χ3n) is 2.69. The van der Waals surface area contributed by atoms with E-state index < -0.39 is 0 Å². The zero-order chi connectivity index (χ0) is 11.2. The fourth-order valence-electron chi connectivity index (χ4n) is 1.72. The van der Waals surface area contributed by atoms with Crippen molar-refractivity contribution in [1.29, 1.82) is 0 Å². The molecule has 0 fully saturated rings. The highest BCUT2D eigenvalue weighted by Gasteiger charge is 1.90. The molecule has 86 valence electrons. The van der Waals surface area contributed by atoms with E-state index in [9.17, 15) is 0 Å². The molecule has 0 aromatic heterocycles. The molecule has 0 unspecified atom stereocenters. The lowest BCUT2D eigenvalue weighted by molar-refractivity contribution is 0.566. The van der Waals surface area contributed by atoms with Crippen molar-refractivity contribution in [3.05, 3.63) is 12.2 Å². The van der Waals surface area contributed by atoms with Crippen molar-refractivity contribution in [3.63, 3.8) is 0 Å². The molecule has 0 spiro atoms. The first-order valence-electron chi connectivity index (χ1n) is 6.53. The highest BCUT2D eigenvalue weighted by atomic mass is 14.0. The molecule has 0 heterocycles. The van der Waals surface area contributed by atoms with Crippen LogP contribution in [0.2, 0.25) is 0 Å². The number of hydrogen-bond acceptors (Lipinski definition) is 0. The quantitative estimate of drug-likeness (QED) is 0.345. The van der Waals surface area contributed by atoms with Gasteiger partial charge in [-0.3, -0.25) is 0 Å². The topological polar surface area (TPSA) is 0 Å². The molecule has 0 nitrogen and oxygen atoms in total. The first-order valence-corrected chi connectivity index (χ1v) is 6.53. The standard InChI is InChI=1S/C15H26/c1-3-5-7-9-11-13-15-14-12-10-8-6-4-2/h1,5,7H,4,6,8-15H2,2H3/b7-5+. The summed E-state index contributed by atoms with van der Waals surface area (Å²) in [7, 11) is 0. The van der Waals surface area contributed by atoms with Gasteiger partial charge in [-0.2, -0.15) is 0 Å². The van der Waals surface area contributed by atoms with E-state index >= 15 is 0 Å². The third kappa shape index (κ3) is 13.3. The van der Waals surface area contributed by atoms with Gasteiger partial charge in [0.05, 0.1) is 0 Å². The smallest absolute Gasteiger partial charge is 0.0162 e. The van der Waals surface area contributed by atoms with Crippen LogP contribution in [-0.4, -0.2) is 0 Å². The lowest BCUT2D eigenvalue weighted by Gasteiger charge is -2.00. The maximum atomic E-state index is 5.11. The van der Waals surface area contributed by atoms with Gasteiger partial charge in [0, 0.05) is 0 Å². The minimum absolute atomic E-state index is 1.15. The second-order valence-corrected chi connectivity index (χ2v) is 4.19. The van der Waals surface area contributed by atoms with Gasteiger partial charge in [0.15, 0.2) is 0 Å². The molecule has 0 saturated carbocycles. The maximum absolute atomic E-state index is 5.11. The fourth-order valence-corrected chi connectivity index (χ4v) is 1.72. The largest absolute Gasteiger partial charge is 0.115 e. The Bertz CT molecular complexity index is 171. The summed E-state index contributed by atoms with van der Waals surface area (Å²) < 4.78 is 0. The molecule has 0 aliphatic rings. The molecule has 0 atom stereocenters. The highest BCUT2D eigenvalue weighted by molar-refractivity contribution is 5.08. The molecule has 0 heteroatoms. The average molecular weight is 206 g/mol. The molecule has 0 bridgehead atoms. The molecule has 0 aromatic carbocycles. The molecular formula is C15H26. The van der Waals surface area contributed by atoms with Crippen molar-refractivity contribution in [1.82, 2.24) is 0 Å². The van der Waals surface area contributed by atoms with Gasteiger partial charge in [0.1, 0.15) is 0 Å². The Morgan fingerprint density at radius 1 is 0.867 bits per heavy atom. The van der Waals surface area contributed by atoms with Crippen molar-refractivity contribution in [3.8, 4) is 12.3 Å². The third-order valence-corrected chi connectivity index (χ3v) is 2.69. The van der Waals surface area contributed by atoms with Gasteiger partial charge >= 0.3 is 0 Å². The predicted molar refractivity (Wildman–Crippen MR) is 69.8 cm³/mol. The molecular weight excluding hydrogens is 180 g/mol. The van der Waals surface area contributed by atoms with Crippen LogP contribution in [0.4, 0.5) is 0 Å². The second-order valence-electron chi connectivity index (χ2n) is 4.19. The lowest BCUT2D eigenvalue weighted by atomic mass is 10.1. The van der Waals surface area contributed by atoms with Crippen LogP contribution in [0, 0.1) is 12.3 Å². The van der Waals surface area contributed by atoms with Crippen LogP contribution in [0.15, 0.2) is 12.2 Å². The summed E-state index contributed by atoms with van der Waals surface area (Å²) >= 11 is 0. The van der Waals surface area contributed by atoms with E-state index in [1.165, 1.54) is 57.8 Å². The lowest BCUT2D eigenvalue weighted by Crippen LogP contribution is -1.80. The SMILES string of the molecule is C#C/C=C/CCCCCCCCCCC. The number of allylic oxidation sites excluding steroid dienone is 2. The molecule has 0 aliphatic heterocycles. The summed E-state index contributed by atoms with van der Waals surface area (Å²) in [5.41, 5.74) is 0. The van der Waals surface area contributed by atoms with Crippen molar-refractivity contribution in [2.45, 2.75) is 71.1 Å². The van der Waals surface area contributed by atoms with Crippen LogP contribution in [0.5, 0.6) is 0 Å². The fraction of sp³-hybridized carbons (Fsp3) is 0.733. The van der Waals surface area contributed by atoms with E-state index in [0.717, 1.165) is 6.42 Å². The highest BCUT2D eigenvalue weighted by Crippen LogP contribution is 2.10. The normalized spacial score (nSPS) is 10.7. The van der Waals surface area contributed by atoms with Crippen LogP contribution in [0.1, 0.15) is 71.1 Å². The Labute approximate surface area is 96.2 Å². The van der Waals surface area contributed by atoms with Crippen molar-refractivity contribution in [2.75, 3.05) is 0 Å². The van der Waals surface area contributed by atoms with Crippen molar-refractivity contribution in [2.24, 2.45) is 0 Å². The number of hydrogen-bond donors (Lipinski definition) is 0. The van der Waals surface area contributed by atoms with E-state index in [4.69, 9.17) is 6.42 Å². The predicted octanol–water partition coefficient (Wildman–Crippen LogP) is 5.10. The first kappa shape index (κ1) is 14.3. The Balaban J connectivity index is 2.93. The minimum Gasteiger partial charge on any atom is -0.115 e. The zero-order valence-corrected chi connectivity index (χ0v) is 10.3. The van der Waals surface area contributed by atoms with E-state index in [0.29, 0.717) is 0 Å². The van der Waals surface area contributed by atoms with Crippen LogP contribution in [0.3, 0.4) is 0 Å². The second kappa shape index (κ2) is 13.3. The van der Waals surface area contributed by atoms with Gasteiger partial charge in [-0.25, -0.2) is 0 Å². The maximum Gasteiger partial charge on any atom is -0.0162 e. The van der Waals surface area contributed by atoms with E-state index in [2.05, 4.69) is 18.9 Å². The van der Waals surface area contributed by atoms with Gasteiger partial charge < -0.3 is 0 Å². The summed E-state index contributed by atoms with van der Waals surface area (Å²) in [5.74, 6) is 2.52. The summed E-state index contributed by atoms with van der Waals surface area (Å²) in [6.45, 7) is 2.27. The molecule has 0 aromatic rings. The molecule has 0 aliphatic carbocycles. The van der Waals surface area contributed by atoms with Gasteiger partial charge in [0.2, 0.25) is 0 Å². The van der Waals surface area contributed by atoms with Gasteiger partial charge in [0.25, 0.3) is 0 Å². The van der Waals surface area contributed by atoms with Crippen LogP contribution in [0.25, 0.3) is 0 Å². The minimum atomic E-state index is 1.15. The summed E-state index contributed by atoms with van der Waals surface area (Å²) in [6.07, 6.45) is 22.7. The molecule has 0 saturated heterocycles. The monoisotopic (exact) mass is 206 g/mol. The van der Waals surface area contributed by atoms with Gasteiger partial charge in [-0.05, 0) is 18.9 Å². The molecule has 0 N–H and O–H groups in total. The van der Waals surface area contributed by atoms with Crippen LogP contribution >= 0.6 is 0 Å². The molecule has 0 amide bonds. The molecule has 0 radical (unpaired) electrons. The summed E-state index contributed by atoms with van der Waals surface area (Å²) in [5, 5.41) is 0. The van der Waals surface area contributed by atoms with Crippen molar-refractivity contribution < 1.29 is 0 Å². The first-order chi connectivity index (χ1) is 7.41. The number of terminal acetylenes is 1. The van der Waals surface area contributed by atoms with Crippen LogP contribution < -0.4 is 0 Å². The van der Waals surface area contributed by atoms with E-state index in [1.807, 2.05) is 6.08 Å². The Morgan fingerprint density at radius 2 is 1.40 bits per heavy atom. The molecule has 15 heavy (non-hydrogen) atoms. The van der Waals surface area contributed by atoms with E-state index in [1.54, 1.807) is 0 Å². The van der Waals surface area contributed by atoms with Gasteiger partial charge in [-0.1, -0.05) is 70.3 Å². The average Bonchev–Trinajstić information content (AvgIpc) is 2.26.